The number of carbonyl (C=O) groups excluding carboxylic acids is 1. The molecule has 1 aromatic heterocycles. The number of carbonyl (C=O) groups is 1. The van der Waals surface area contributed by atoms with Crippen molar-refractivity contribution in [1.82, 2.24) is 5.32 Å². The van der Waals surface area contributed by atoms with Crippen LogP contribution >= 0.6 is 11.3 Å². The Morgan fingerprint density at radius 1 is 1.35 bits per heavy atom. The van der Waals surface area contributed by atoms with Crippen LogP contribution in [0.1, 0.15) is 42.3 Å². The highest BCUT2D eigenvalue weighted by Crippen LogP contribution is 2.28. The summed E-state index contributed by atoms with van der Waals surface area (Å²) in [5.74, 6) is 0.0695. The molecule has 0 unspecified atom stereocenters. The lowest BCUT2D eigenvalue weighted by Gasteiger charge is -2.27. The van der Waals surface area contributed by atoms with E-state index in [1.807, 2.05) is 6.07 Å². The number of anilines is 1. The maximum Gasteiger partial charge on any atom is 0.261 e. The van der Waals surface area contributed by atoms with Crippen molar-refractivity contribution in [3.8, 4) is 0 Å². The van der Waals surface area contributed by atoms with Gasteiger partial charge in [-0.15, -0.1) is 11.3 Å². The van der Waals surface area contributed by atoms with E-state index in [9.17, 15) is 4.79 Å². The topological polar surface area (TPSA) is 32.3 Å². The highest BCUT2D eigenvalue weighted by Gasteiger charge is 2.15. The van der Waals surface area contributed by atoms with E-state index < -0.39 is 0 Å². The number of rotatable bonds is 4. The summed E-state index contributed by atoms with van der Waals surface area (Å²) >= 11 is 1.61. The van der Waals surface area contributed by atoms with Gasteiger partial charge in [0.1, 0.15) is 0 Å². The molecule has 1 saturated heterocycles. The standard InChI is InChI=1S/C13H20N2OS/c1-2-8-14-13(16)11-6-7-12(17-11)15-9-4-3-5-10-15/h6-7H,2-5,8-10H2,1H3,(H,14,16). The van der Waals surface area contributed by atoms with Crippen LogP contribution < -0.4 is 10.2 Å². The van der Waals surface area contributed by atoms with Crippen molar-refractivity contribution in [2.75, 3.05) is 24.5 Å². The third kappa shape index (κ3) is 3.22. The summed E-state index contributed by atoms with van der Waals surface area (Å²) in [5, 5.41) is 4.16. The molecule has 0 saturated carbocycles. The highest BCUT2D eigenvalue weighted by molar-refractivity contribution is 7.18. The molecule has 3 nitrogen and oxygen atoms in total. The second-order valence-corrected chi connectivity index (χ2v) is 5.50. The number of hydrogen-bond donors (Lipinski definition) is 1. The molecule has 0 spiro atoms. The molecule has 1 fully saturated rings. The molecule has 1 N–H and O–H groups in total. The highest BCUT2D eigenvalue weighted by atomic mass is 32.1. The third-order valence-corrected chi connectivity index (χ3v) is 4.16. The molecule has 2 rings (SSSR count). The summed E-state index contributed by atoms with van der Waals surface area (Å²) < 4.78 is 0. The summed E-state index contributed by atoms with van der Waals surface area (Å²) in [6.45, 7) is 5.09. The van der Waals surface area contributed by atoms with Gasteiger partial charge in [0.2, 0.25) is 0 Å². The van der Waals surface area contributed by atoms with Crippen molar-refractivity contribution >= 4 is 22.2 Å². The first-order valence-electron chi connectivity index (χ1n) is 6.44. The van der Waals surface area contributed by atoms with Crippen LogP contribution in [0.4, 0.5) is 5.00 Å². The zero-order chi connectivity index (χ0) is 12.1. The van der Waals surface area contributed by atoms with Gasteiger partial charge in [0.05, 0.1) is 9.88 Å². The smallest absolute Gasteiger partial charge is 0.261 e. The molecule has 0 bridgehead atoms. The number of piperidine rings is 1. The van der Waals surface area contributed by atoms with Gasteiger partial charge in [-0.05, 0) is 37.8 Å². The maximum atomic E-state index is 11.8. The Kier molecular flexibility index (Phi) is 4.42. The summed E-state index contributed by atoms with van der Waals surface area (Å²) in [6, 6.07) is 4.02. The molecule has 0 radical (unpaired) electrons. The Morgan fingerprint density at radius 2 is 2.12 bits per heavy atom. The Bertz CT molecular complexity index is 369. The van der Waals surface area contributed by atoms with E-state index in [0.29, 0.717) is 0 Å². The second kappa shape index (κ2) is 6.05. The van der Waals surface area contributed by atoms with Crippen molar-refractivity contribution in [2.24, 2.45) is 0 Å². The van der Waals surface area contributed by atoms with Gasteiger partial charge in [-0.1, -0.05) is 6.92 Å². The lowest BCUT2D eigenvalue weighted by Crippen LogP contribution is -2.28. The predicted molar refractivity (Wildman–Crippen MR) is 73.0 cm³/mol. The maximum absolute atomic E-state index is 11.8. The van der Waals surface area contributed by atoms with Crippen LogP contribution in [0, 0.1) is 0 Å². The molecule has 1 aliphatic heterocycles. The van der Waals surface area contributed by atoms with Gasteiger partial charge >= 0.3 is 0 Å². The average Bonchev–Trinajstić information content (AvgIpc) is 2.86. The predicted octanol–water partition coefficient (Wildman–Crippen LogP) is 2.88. The lowest BCUT2D eigenvalue weighted by molar-refractivity contribution is 0.0957. The van der Waals surface area contributed by atoms with Crippen LogP contribution in [0.25, 0.3) is 0 Å². The molecule has 4 heteroatoms. The van der Waals surface area contributed by atoms with Crippen molar-refractivity contribution in [2.45, 2.75) is 32.6 Å². The first-order chi connectivity index (χ1) is 8.31. The van der Waals surface area contributed by atoms with Crippen LogP contribution in [-0.2, 0) is 0 Å². The molecule has 2 heterocycles. The largest absolute Gasteiger partial charge is 0.363 e. The van der Waals surface area contributed by atoms with E-state index in [1.54, 1.807) is 11.3 Å². The first-order valence-corrected chi connectivity index (χ1v) is 7.26. The van der Waals surface area contributed by atoms with E-state index in [4.69, 9.17) is 0 Å². The van der Waals surface area contributed by atoms with Crippen LogP contribution in [0.3, 0.4) is 0 Å². The van der Waals surface area contributed by atoms with Crippen LogP contribution in [0.5, 0.6) is 0 Å². The summed E-state index contributed by atoms with van der Waals surface area (Å²) in [7, 11) is 0. The quantitative estimate of drug-likeness (QED) is 0.893. The zero-order valence-electron chi connectivity index (χ0n) is 10.4. The van der Waals surface area contributed by atoms with Crippen molar-refractivity contribution < 1.29 is 4.79 Å². The van der Waals surface area contributed by atoms with Gasteiger partial charge in [0.25, 0.3) is 5.91 Å². The average molecular weight is 252 g/mol. The SMILES string of the molecule is CCCNC(=O)c1ccc(N2CCCCC2)s1. The van der Waals surface area contributed by atoms with Crippen LogP contribution in [-0.4, -0.2) is 25.5 Å². The summed E-state index contributed by atoms with van der Waals surface area (Å²) in [6.07, 6.45) is 4.87. The van der Waals surface area contributed by atoms with E-state index in [-0.39, 0.29) is 5.91 Å². The fourth-order valence-electron chi connectivity index (χ4n) is 2.06. The fraction of sp³-hybridized carbons (Fsp3) is 0.615. The monoisotopic (exact) mass is 252 g/mol. The zero-order valence-corrected chi connectivity index (χ0v) is 11.2. The van der Waals surface area contributed by atoms with Gasteiger partial charge < -0.3 is 10.2 Å². The number of nitrogens with one attached hydrogen (secondary N) is 1. The molecular formula is C13H20N2OS. The lowest BCUT2D eigenvalue weighted by atomic mass is 10.1. The Labute approximate surface area is 107 Å². The molecule has 1 aromatic rings. The van der Waals surface area contributed by atoms with E-state index in [1.165, 1.54) is 24.3 Å². The van der Waals surface area contributed by atoms with Gasteiger partial charge in [-0.3, -0.25) is 4.79 Å². The second-order valence-electron chi connectivity index (χ2n) is 4.44. The third-order valence-electron chi connectivity index (χ3n) is 3.02. The molecule has 0 atom stereocenters. The number of thiophene rings is 1. The van der Waals surface area contributed by atoms with Crippen molar-refractivity contribution in [3.05, 3.63) is 17.0 Å². The summed E-state index contributed by atoms with van der Waals surface area (Å²) in [5.41, 5.74) is 0. The van der Waals surface area contributed by atoms with Crippen molar-refractivity contribution in [1.29, 1.82) is 0 Å². The molecule has 0 aromatic carbocycles. The molecule has 0 aliphatic carbocycles. The minimum Gasteiger partial charge on any atom is -0.363 e. The fourth-order valence-corrected chi connectivity index (χ4v) is 3.03. The number of nitrogens with zero attached hydrogens (tertiary/aromatic N) is 1. The Balaban J connectivity index is 1.97. The Morgan fingerprint density at radius 3 is 2.82 bits per heavy atom. The normalized spacial score (nSPS) is 15.9. The molecular weight excluding hydrogens is 232 g/mol. The van der Waals surface area contributed by atoms with E-state index in [0.717, 1.165) is 30.9 Å². The number of hydrogen-bond acceptors (Lipinski definition) is 3. The van der Waals surface area contributed by atoms with E-state index in [2.05, 4.69) is 23.2 Å². The minimum atomic E-state index is 0.0695. The van der Waals surface area contributed by atoms with Crippen molar-refractivity contribution in [3.63, 3.8) is 0 Å². The molecule has 1 aliphatic rings. The van der Waals surface area contributed by atoms with Crippen LogP contribution in [0.2, 0.25) is 0 Å². The van der Waals surface area contributed by atoms with Gasteiger partial charge in [0, 0.05) is 19.6 Å². The summed E-state index contributed by atoms with van der Waals surface area (Å²) in [4.78, 5) is 15.0. The molecule has 17 heavy (non-hydrogen) atoms. The molecule has 1 amide bonds. The van der Waals surface area contributed by atoms with Gasteiger partial charge in [-0.2, -0.15) is 0 Å². The Hall–Kier alpha value is -1.03. The molecule has 94 valence electrons. The number of amides is 1. The minimum absolute atomic E-state index is 0.0695. The van der Waals surface area contributed by atoms with Gasteiger partial charge in [-0.25, -0.2) is 0 Å². The van der Waals surface area contributed by atoms with E-state index >= 15 is 0 Å². The van der Waals surface area contributed by atoms with Crippen LogP contribution in [0.15, 0.2) is 12.1 Å². The van der Waals surface area contributed by atoms with Gasteiger partial charge in [0.15, 0.2) is 0 Å². The first kappa shape index (κ1) is 12.4.